The van der Waals surface area contributed by atoms with E-state index >= 15 is 0 Å². The predicted molar refractivity (Wildman–Crippen MR) is 58.7 cm³/mol. The number of nitrogens with one attached hydrogen (secondary N) is 2. The van der Waals surface area contributed by atoms with Crippen LogP contribution < -0.4 is 10.6 Å². The summed E-state index contributed by atoms with van der Waals surface area (Å²) < 4.78 is 1.02. The molecule has 1 rings (SSSR count). The van der Waals surface area contributed by atoms with Crippen LogP contribution in [0.1, 0.15) is 17.4 Å². The maximum atomic E-state index is 11.5. The third kappa shape index (κ3) is 4.20. The number of carbonyl (C=O) groups excluding carboxylic acids is 2. The Morgan fingerprint density at radius 1 is 1.39 bits per heavy atom. The summed E-state index contributed by atoms with van der Waals surface area (Å²) in [5, 5.41) is 20.3. The molecule has 0 fully saturated rings. The number of nitrogens with zero attached hydrogens (tertiary/aromatic N) is 3. The highest BCUT2D eigenvalue weighted by Crippen LogP contribution is 1.92. The second kappa shape index (κ2) is 6.33. The van der Waals surface area contributed by atoms with Crippen LogP contribution in [0.15, 0.2) is 6.20 Å². The molecule has 0 atom stereocenters. The van der Waals surface area contributed by atoms with Crippen molar-refractivity contribution in [3.8, 4) is 0 Å². The smallest absolute Gasteiger partial charge is 0.325 e. The van der Waals surface area contributed by atoms with Crippen molar-refractivity contribution in [1.29, 1.82) is 0 Å². The number of carboxylic acid groups (broad SMARTS) is 1. The van der Waals surface area contributed by atoms with Crippen LogP contribution >= 0.6 is 0 Å². The summed E-state index contributed by atoms with van der Waals surface area (Å²) in [7, 11) is 0. The number of carbonyl (C=O) groups is 3. The molecule has 0 saturated heterocycles. The van der Waals surface area contributed by atoms with Gasteiger partial charge in [-0.2, -0.15) is 0 Å². The molecule has 9 nitrogen and oxygen atoms in total. The largest absolute Gasteiger partial charge is 0.480 e. The highest BCUT2D eigenvalue weighted by atomic mass is 16.4. The summed E-state index contributed by atoms with van der Waals surface area (Å²) in [4.78, 5) is 33.0. The lowest BCUT2D eigenvalue weighted by Gasteiger charge is -2.02. The van der Waals surface area contributed by atoms with Crippen LogP contribution in [0.2, 0.25) is 0 Å². The highest BCUT2D eigenvalue weighted by molar-refractivity contribution is 5.94. The van der Waals surface area contributed by atoms with Crippen LogP contribution in [0, 0.1) is 0 Å². The molecule has 1 aromatic rings. The lowest BCUT2D eigenvalue weighted by molar-refractivity contribution is -0.137. The Bertz CT molecular complexity index is 456. The van der Waals surface area contributed by atoms with Gasteiger partial charge >= 0.3 is 5.97 Å². The van der Waals surface area contributed by atoms with E-state index in [9.17, 15) is 14.4 Å². The zero-order chi connectivity index (χ0) is 13.5. The number of aromatic nitrogens is 3. The number of amides is 2. The molecule has 1 heterocycles. The Hall–Kier alpha value is -2.45. The van der Waals surface area contributed by atoms with Crippen molar-refractivity contribution < 1.29 is 19.5 Å². The molecule has 18 heavy (non-hydrogen) atoms. The van der Waals surface area contributed by atoms with Crippen LogP contribution in [-0.4, -0.2) is 51.0 Å². The van der Waals surface area contributed by atoms with Gasteiger partial charge in [0.05, 0.1) is 12.7 Å². The van der Waals surface area contributed by atoms with Crippen molar-refractivity contribution in [2.45, 2.75) is 13.5 Å². The van der Waals surface area contributed by atoms with Gasteiger partial charge in [-0.25, -0.2) is 4.68 Å². The first-order valence-corrected chi connectivity index (χ1v) is 5.19. The SMILES string of the molecule is CCNC(=O)CNC(=O)c1cn(CC(=O)O)nn1. The fraction of sp³-hybridized carbons (Fsp3) is 0.444. The number of hydrogen-bond donors (Lipinski definition) is 3. The number of likely N-dealkylation sites (N-methyl/N-ethyl adjacent to an activating group) is 1. The molecule has 0 radical (unpaired) electrons. The van der Waals surface area contributed by atoms with Crippen LogP contribution in [0.25, 0.3) is 0 Å². The van der Waals surface area contributed by atoms with Gasteiger partial charge in [0.15, 0.2) is 5.69 Å². The Morgan fingerprint density at radius 2 is 2.11 bits per heavy atom. The molecule has 0 aliphatic heterocycles. The molecule has 2 amide bonds. The molecular weight excluding hydrogens is 242 g/mol. The number of carboxylic acids is 1. The fourth-order valence-corrected chi connectivity index (χ4v) is 1.13. The van der Waals surface area contributed by atoms with Gasteiger partial charge in [0.2, 0.25) is 5.91 Å². The van der Waals surface area contributed by atoms with E-state index in [-0.39, 0.29) is 24.7 Å². The van der Waals surface area contributed by atoms with E-state index < -0.39 is 11.9 Å². The second-order valence-electron chi connectivity index (χ2n) is 3.33. The average Bonchev–Trinajstić information content (AvgIpc) is 2.74. The Balaban J connectivity index is 2.49. The van der Waals surface area contributed by atoms with Gasteiger partial charge < -0.3 is 15.7 Å². The minimum atomic E-state index is -1.09. The second-order valence-corrected chi connectivity index (χ2v) is 3.33. The van der Waals surface area contributed by atoms with Gasteiger partial charge in [0, 0.05) is 6.54 Å². The van der Waals surface area contributed by atoms with Crippen molar-refractivity contribution in [2.75, 3.05) is 13.1 Å². The van der Waals surface area contributed by atoms with Crippen molar-refractivity contribution in [3.05, 3.63) is 11.9 Å². The summed E-state index contributed by atoms with van der Waals surface area (Å²) in [6.07, 6.45) is 1.20. The van der Waals surface area contributed by atoms with Crippen LogP contribution in [-0.2, 0) is 16.1 Å². The van der Waals surface area contributed by atoms with Crippen LogP contribution in [0.5, 0.6) is 0 Å². The zero-order valence-electron chi connectivity index (χ0n) is 9.71. The molecule has 98 valence electrons. The first-order chi connectivity index (χ1) is 8.52. The van der Waals surface area contributed by atoms with Crippen LogP contribution in [0.3, 0.4) is 0 Å². The maximum absolute atomic E-state index is 11.5. The standard InChI is InChI=1S/C9H13N5O4/c1-2-10-7(15)3-11-9(18)6-4-14(13-12-6)5-8(16)17/h4H,2-3,5H2,1H3,(H,10,15)(H,11,18)(H,16,17). The minimum Gasteiger partial charge on any atom is -0.480 e. The van der Waals surface area contributed by atoms with E-state index in [1.807, 2.05) is 0 Å². The molecule has 0 bridgehead atoms. The van der Waals surface area contributed by atoms with Crippen LogP contribution in [0.4, 0.5) is 0 Å². The molecule has 9 heteroatoms. The van der Waals surface area contributed by atoms with Crippen molar-refractivity contribution in [3.63, 3.8) is 0 Å². The van der Waals surface area contributed by atoms with Crippen molar-refractivity contribution >= 4 is 17.8 Å². The van der Waals surface area contributed by atoms with Gasteiger partial charge in [-0.05, 0) is 6.92 Å². The van der Waals surface area contributed by atoms with Gasteiger partial charge in [-0.3, -0.25) is 14.4 Å². The summed E-state index contributed by atoms with van der Waals surface area (Å²) >= 11 is 0. The molecule has 0 unspecified atom stereocenters. The van der Waals surface area contributed by atoms with Crippen molar-refractivity contribution in [2.24, 2.45) is 0 Å². The lowest BCUT2D eigenvalue weighted by Crippen LogP contribution is -2.36. The molecule has 0 spiro atoms. The number of aliphatic carboxylic acids is 1. The Labute approximate surface area is 102 Å². The highest BCUT2D eigenvalue weighted by Gasteiger charge is 2.12. The summed E-state index contributed by atoms with van der Waals surface area (Å²) in [5.74, 6) is -1.99. The van der Waals surface area contributed by atoms with Gasteiger partial charge in [0.25, 0.3) is 5.91 Å². The third-order valence-electron chi connectivity index (χ3n) is 1.85. The van der Waals surface area contributed by atoms with E-state index in [0.717, 1.165) is 4.68 Å². The fourth-order valence-electron chi connectivity index (χ4n) is 1.13. The quantitative estimate of drug-likeness (QED) is 0.552. The molecule has 0 saturated carbocycles. The molecule has 0 aromatic carbocycles. The molecular formula is C9H13N5O4. The monoisotopic (exact) mass is 255 g/mol. The zero-order valence-corrected chi connectivity index (χ0v) is 9.71. The van der Waals surface area contributed by atoms with E-state index in [1.54, 1.807) is 6.92 Å². The Kier molecular flexibility index (Phi) is 4.78. The third-order valence-corrected chi connectivity index (χ3v) is 1.85. The summed E-state index contributed by atoms with van der Waals surface area (Å²) in [5.41, 5.74) is -0.0412. The van der Waals surface area contributed by atoms with Gasteiger partial charge in [-0.1, -0.05) is 5.21 Å². The van der Waals surface area contributed by atoms with Gasteiger partial charge in [0.1, 0.15) is 6.54 Å². The summed E-state index contributed by atoms with van der Waals surface area (Å²) in [6.45, 7) is 1.69. The first kappa shape index (κ1) is 13.6. The average molecular weight is 255 g/mol. The predicted octanol–water partition coefficient (Wildman–Crippen LogP) is -1.77. The number of rotatable bonds is 6. The van der Waals surface area contributed by atoms with E-state index in [1.165, 1.54) is 6.20 Å². The first-order valence-electron chi connectivity index (χ1n) is 5.19. The molecule has 1 aromatic heterocycles. The minimum absolute atomic E-state index is 0.0412. The topological polar surface area (TPSA) is 126 Å². The Morgan fingerprint density at radius 3 is 2.72 bits per heavy atom. The lowest BCUT2D eigenvalue weighted by atomic mass is 10.4. The molecule has 0 aliphatic rings. The number of hydrogen-bond acceptors (Lipinski definition) is 5. The summed E-state index contributed by atoms with van der Waals surface area (Å²) in [6, 6.07) is 0. The molecule has 3 N–H and O–H groups in total. The van der Waals surface area contributed by atoms with Gasteiger partial charge in [-0.15, -0.1) is 5.10 Å². The molecule has 0 aliphatic carbocycles. The van der Waals surface area contributed by atoms with E-state index in [4.69, 9.17) is 5.11 Å². The maximum Gasteiger partial charge on any atom is 0.325 e. The normalized spacial score (nSPS) is 9.83. The van der Waals surface area contributed by atoms with E-state index in [2.05, 4.69) is 20.9 Å². The van der Waals surface area contributed by atoms with Crippen molar-refractivity contribution in [1.82, 2.24) is 25.6 Å². The van der Waals surface area contributed by atoms with E-state index in [0.29, 0.717) is 6.54 Å².